The standard InChI is InChI=1S/C17H27N3O2/c18-16-5-6-20(14-16)13-15-3-1-2-4-17(15)22-12-9-19-7-10-21-11-8-19/h1-4,16H,5-14,18H2/t16-/m0/s1. The van der Waals surface area contributed by atoms with E-state index in [4.69, 9.17) is 15.2 Å². The zero-order chi connectivity index (χ0) is 15.2. The summed E-state index contributed by atoms with van der Waals surface area (Å²) in [6.07, 6.45) is 1.10. The molecule has 5 heteroatoms. The highest BCUT2D eigenvalue weighted by molar-refractivity contribution is 5.33. The summed E-state index contributed by atoms with van der Waals surface area (Å²) >= 11 is 0. The Hall–Kier alpha value is -1.14. The molecule has 5 nitrogen and oxygen atoms in total. The van der Waals surface area contributed by atoms with Gasteiger partial charge in [0.15, 0.2) is 0 Å². The van der Waals surface area contributed by atoms with Gasteiger partial charge in [-0.05, 0) is 12.5 Å². The van der Waals surface area contributed by atoms with E-state index in [0.29, 0.717) is 6.04 Å². The van der Waals surface area contributed by atoms with Gasteiger partial charge >= 0.3 is 0 Å². The number of nitrogens with two attached hydrogens (primary N) is 1. The smallest absolute Gasteiger partial charge is 0.123 e. The normalized spacial score (nSPS) is 23.8. The molecule has 0 amide bonds. The second kappa shape index (κ2) is 7.92. The van der Waals surface area contributed by atoms with Crippen LogP contribution in [0.1, 0.15) is 12.0 Å². The van der Waals surface area contributed by atoms with Crippen LogP contribution < -0.4 is 10.5 Å². The van der Waals surface area contributed by atoms with Gasteiger partial charge in [0.05, 0.1) is 13.2 Å². The molecule has 1 atom stereocenters. The Morgan fingerprint density at radius 3 is 2.73 bits per heavy atom. The SMILES string of the molecule is N[C@H]1CCN(Cc2ccccc2OCCN2CCOCC2)C1. The number of benzene rings is 1. The fraction of sp³-hybridized carbons (Fsp3) is 0.647. The number of ether oxygens (including phenoxy) is 2. The number of morpholine rings is 1. The third kappa shape index (κ3) is 4.43. The zero-order valence-corrected chi connectivity index (χ0v) is 13.2. The Kier molecular flexibility index (Phi) is 5.67. The van der Waals surface area contributed by atoms with Gasteiger partial charge in [-0.15, -0.1) is 0 Å². The first-order chi connectivity index (χ1) is 10.8. The summed E-state index contributed by atoms with van der Waals surface area (Å²) in [4.78, 5) is 4.81. The molecule has 1 aromatic carbocycles. The van der Waals surface area contributed by atoms with Crippen LogP contribution in [0.5, 0.6) is 5.75 Å². The van der Waals surface area contributed by atoms with Crippen LogP contribution >= 0.6 is 0 Å². The maximum Gasteiger partial charge on any atom is 0.123 e. The van der Waals surface area contributed by atoms with E-state index >= 15 is 0 Å². The van der Waals surface area contributed by atoms with Gasteiger partial charge in [0.2, 0.25) is 0 Å². The molecule has 2 heterocycles. The highest BCUT2D eigenvalue weighted by Gasteiger charge is 2.20. The van der Waals surface area contributed by atoms with Gasteiger partial charge in [0.1, 0.15) is 12.4 Å². The molecule has 0 unspecified atom stereocenters. The molecule has 0 spiro atoms. The summed E-state index contributed by atoms with van der Waals surface area (Å²) in [5.41, 5.74) is 7.25. The molecule has 0 aliphatic carbocycles. The Labute approximate surface area is 133 Å². The average Bonchev–Trinajstić information content (AvgIpc) is 2.95. The molecule has 2 saturated heterocycles. The van der Waals surface area contributed by atoms with Crippen LogP contribution in [-0.2, 0) is 11.3 Å². The van der Waals surface area contributed by atoms with E-state index in [9.17, 15) is 0 Å². The number of likely N-dealkylation sites (tertiary alicyclic amines) is 1. The van der Waals surface area contributed by atoms with Crippen molar-refractivity contribution >= 4 is 0 Å². The molecule has 2 aliphatic heterocycles. The summed E-state index contributed by atoms with van der Waals surface area (Å²) in [7, 11) is 0. The molecule has 3 rings (SSSR count). The second-order valence-electron chi connectivity index (χ2n) is 6.19. The van der Waals surface area contributed by atoms with Crippen molar-refractivity contribution in [2.24, 2.45) is 5.73 Å². The van der Waals surface area contributed by atoms with Crippen molar-refractivity contribution in [1.29, 1.82) is 0 Å². The molecule has 2 fully saturated rings. The summed E-state index contributed by atoms with van der Waals surface area (Å²) in [6, 6.07) is 8.69. The number of nitrogens with zero attached hydrogens (tertiary/aromatic N) is 2. The van der Waals surface area contributed by atoms with Crippen LogP contribution in [0.4, 0.5) is 0 Å². The Morgan fingerprint density at radius 2 is 1.95 bits per heavy atom. The second-order valence-corrected chi connectivity index (χ2v) is 6.19. The van der Waals surface area contributed by atoms with Crippen LogP contribution in [0, 0.1) is 0 Å². The monoisotopic (exact) mass is 305 g/mol. The van der Waals surface area contributed by atoms with Crippen molar-refractivity contribution in [2.75, 3.05) is 52.5 Å². The summed E-state index contributed by atoms with van der Waals surface area (Å²) < 4.78 is 11.4. The van der Waals surface area contributed by atoms with E-state index in [-0.39, 0.29) is 0 Å². The van der Waals surface area contributed by atoms with Crippen molar-refractivity contribution < 1.29 is 9.47 Å². The van der Waals surface area contributed by atoms with Crippen LogP contribution in [0.25, 0.3) is 0 Å². The minimum Gasteiger partial charge on any atom is -0.492 e. The highest BCUT2D eigenvalue weighted by Crippen LogP contribution is 2.21. The maximum atomic E-state index is 6.04. The fourth-order valence-corrected chi connectivity index (χ4v) is 3.13. The minimum absolute atomic E-state index is 0.328. The summed E-state index contributed by atoms with van der Waals surface area (Å²) in [6.45, 7) is 8.40. The van der Waals surface area contributed by atoms with Crippen LogP contribution in [-0.4, -0.2) is 68.4 Å². The first-order valence-electron chi connectivity index (χ1n) is 8.30. The maximum absolute atomic E-state index is 6.04. The van der Waals surface area contributed by atoms with E-state index < -0.39 is 0 Å². The molecule has 1 aromatic rings. The highest BCUT2D eigenvalue weighted by atomic mass is 16.5. The van der Waals surface area contributed by atoms with Crippen LogP contribution in [0.3, 0.4) is 0 Å². The Morgan fingerprint density at radius 1 is 1.14 bits per heavy atom. The predicted octanol–water partition coefficient (Wildman–Crippen LogP) is 0.931. The molecule has 2 aliphatic rings. The minimum atomic E-state index is 0.328. The summed E-state index contributed by atoms with van der Waals surface area (Å²) in [5.74, 6) is 1.01. The van der Waals surface area contributed by atoms with E-state index in [1.165, 1.54) is 5.56 Å². The number of hydrogen-bond donors (Lipinski definition) is 1. The predicted molar refractivity (Wildman–Crippen MR) is 87.1 cm³/mol. The van der Waals surface area contributed by atoms with Gasteiger partial charge in [-0.2, -0.15) is 0 Å². The van der Waals surface area contributed by atoms with Gasteiger partial charge in [0, 0.05) is 50.9 Å². The van der Waals surface area contributed by atoms with E-state index in [0.717, 1.165) is 71.3 Å². The van der Waals surface area contributed by atoms with Crippen molar-refractivity contribution in [3.63, 3.8) is 0 Å². The van der Waals surface area contributed by atoms with Crippen molar-refractivity contribution in [1.82, 2.24) is 9.80 Å². The van der Waals surface area contributed by atoms with Crippen LogP contribution in [0.2, 0.25) is 0 Å². The quantitative estimate of drug-likeness (QED) is 0.847. The van der Waals surface area contributed by atoms with Gasteiger partial charge in [-0.1, -0.05) is 18.2 Å². The zero-order valence-electron chi connectivity index (χ0n) is 13.2. The number of para-hydroxylation sites is 1. The molecular weight excluding hydrogens is 278 g/mol. The fourth-order valence-electron chi connectivity index (χ4n) is 3.13. The van der Waals surface area contributed by atoms with Gasteiger partial charge < -0.3 is 15.2 Å². The Bertz CT molecular complexity index is 463. The lowest BCUT2D eigenvalue weighted by atomic mass is 10.2. The third-order valence-electron chi connectivity index (χ3n) is 4.44. The van der Waals surface area contributed by atoms with Crippen molar-refractivity contribution in [2.45, 2.75) is 19.0 Å². The lowest BCUT2D eigenvalue weighted by Crippen LogP contribution is -2.38. The van der Waals surface area contributed by atoms with Gasteiger partial charge in [-0.3, -0.25) is 9.80 Å². The van der Waals surface area contributed by atoms with Gasteiger partial charge in [0.25, 0.3) is 0 Å². The largest absolute Gasteiger partial charge is 0.492 e. The molecule has 122 valence electrons. The molecule has 0 aromatic heterocycles. The van der Waals surface area contributed by atoms with Gasteiger partial charge in [-0.25, -0.2) is 0 Å². The topological polar surface area (TPSA) is 51.0 Å². The average molecular weight is 305 g/mol. The van der Waals surface area contributed by atoms with E-state index in [2.05, 4.69) is 28.0 Å². The molecule has 0 bridgehead atoms. The Balaban J connectivity index is 1.50. The first-order valence-corrected chi connectivity index (χ1v) is 8.30. The molecule has 0 radical (unpaired) electrons. The summed E-state index contributed by atoms with van der Waals surface area (Å²) in [5, 5.41) is 0. The van der Waals surface area contributed by atoms with Crippen LogP contribution in [0.15, 0.2) is 24.3 Å². The molecule has 2 N–H and O–H groups in total. The number of hydrogen-bond acceptors (Lipinski definition) is 5. The van der Waals surface area contributed by atoms with Crippen molar-refractivity contribution in [3.05, 3.63) is 29.8 Å². The number of rotatable bonds is 6. The van der Waals surface area contributed by atoms with Crippen molar-refractivity contribution in [3.8, 4) is 5.75 Å². The van der Waals surface area contributed by atoms with E-state index in [1.807, 2.05) is 6.07 Å². The lowest BCUT2D eigenvalue weighted by Gasteiger charge is -2.26. The van der Waals surface area contributed by atoms with E-state index in [1.54, 1.807) is 0 Å². The third-order valence-corrected chi connectivity index (χ3v) is 4.44. The first kappa shape index (κ1) is 15.7. The lowest BCUT2D eigenvalue weighted by molar-refractivity contribution is 0.0321. The molecule has 0 saturated carbocycles. The molecule has 22 heavy (non-hydrogen) atoms. The molecular formula is C17H27N3O2.